The zero-order valence-electron chi connectivity index (χ0n) is 15.2. The second kappa shape index (κ2) is 12.4. The molecule has 4 heteroatoms. The molecule has 1 rings (SSSR count). The number of unbranched alkanes of at least 4 members (excludes halogenated alkanes) is 8. The van der Waals surface area contributed by atoms with E-state index in [1.54, 1.807) is 0 Å². The third-order valence-electron chi connectivity index (χ3n) is 4.82. The highest BCUT2D eigenvalue weighted by atomic mass is 16.2. The molecule has 134 valence electrons. The lowest BCUT2D eigenvalue weighted by molar-refractivity contribution is -0.150. The van der Waals surface area contributed by atoms with E-state index in [9.17, 15) is 9.59 Å². The molecule has 0 aromatic carbocycles. The second-order valence-corrected chi connectivity index (χ2v) is 6.81. The van der Waals surface area contributed by atoms with Crippen LogP contribution >= 0.6 is 0 Å². The first-order chi connectivity index (χ1) is 11.2. The number of hydrogen-bond donors (Lipinski definition) is 1. The van der Waals surface area contributed by atoms with Crippen molar-refractivity contribution in [3.63, 3.8) is 0 Å². The van der Waals surface area contributed by atoms with Gasteiger partial charge in [0, 0.05) is 19.1 Å². The SMILES string of the molecule is CCCCCCCC(CCCCCCC)N1CCNC(=O)C1=O. The number of rotatable bonds is 13. The summed E-state index contributed by atoms with van der Waals surface area (Å²) in [6.07, 6.45) is 14.6. The van der Waals surface area contributed by atoms with Crippen LogP contribution in [0.2, 0.25) is 0 Å². The van der Waals surface area contributed by atoms with E-state index in [2.05, 4.69) is 19.2 Å². The minimum Gasteiger partial charge on any atom is -0.346 e. The van der Waals surface area contributed by atoms with Crippen LogP contribution in [0.5, 0.6) is 0 Å². The first kappa shape index (κ1) is 20.0. The largest absolute Gasteiger partial charge is 0.346 e. The van der Waals surface area contributed by atoms with Gasteiger partial charge in [0.05, 0.1) is 0 Å². The maximum absolute atomic E-state index is 12.2. The minimum atomic E-state index is -0.418. The number of amides is 2. The van der Waals surface area contributed by atoms with Gasteiger partial charge in [0.1, 0.15) is 0 Å². The molecule has 0 aromatic heterocycles. The number of carbonyl (C=O) groups excluding carboxylic acids is 2. The number of nitrogens with zero attached hydrogens (tertiary/aromatic N) is 1. The van der Waals surface area contributed by atoms with Gasteiger partial charge in [-0.3, -0.25) is 9.59 Å². The van der Waals surface area contributed by atoms with Crippen molar-refractivity contribution < 1.29 is 9.59 Å². The first-order valence-corrected chi connectivity index (χ1v) is 9.79. The Balaban J connectivity index is 2.42. The van der Waals surface area contributed by atoms with Crippen LogP contribution in [0.25, 0.3) is 0 Å². The molecule has 0 radical (unpaired) electrons. The molecule has 1 saturated heterocycles. The van der Waals surface area contributed by atoms with Crippen molar-refractivity contribution in [3.8, 4) is 0 Å². The van der Waals surface area contributed by atoms with Gasteiger partial charge in [0.15, 0.2) is 0 Å². The zero-order chi connectivity index (χ0) is 16.9. The summed E-state index contributed by atoms with van der Waals surface area (Å²) in [6, 6.07) is 0.261. The van der Waals surface area contributed by atoms with Gasteiger partial charge in [-0.1, -0.05) is 78.1 Å². The molecular weight excluding hydrogens is 288 g/mol. The fourth-order valence-corrected chi connectivity index (χ4v) is 3.37. The van der Waals surface area contributed by atoms with Crippen molar-refractivity contribution in [2.75, 3.05) is 13.1 Å². The average molecular weight is 325 g/mol. The van der Waals surface area contributed by atoms with E-state index in [1.165, 1.54) is 64.2 Å². The molecule has 4 nitrogen and oxygen atoms in total. The maximum Gasteiger partial charge on any atom is 0.312 e. The second-order valence-electron chi connectivity index (χ2n) is 6.81. The van der Waals surface area contributed by atoms with Crippen LogP contribution in [-0.4, -0.2) is 35.8 Å². The van der Waals surface area contributed by atoms with E-state index >= 15 is 0 Å². The van der Waals surface area contributed by atoms with Gasteiger partial charge in [0.2, 0.25) is 0 Å². The normalized spacial score (nSPS) is 15.3. The van der Waals surface area contributed by atoms with E-state index in [0.717, 1.165) is 12.8 Å². The average Bonchev–Trinajstić information content (AvgIpc) is 2.55. The smallest absolute Gasteiger partial charge is 0.312 e. The summed E-state index contributed by atoms with van der Waals surface area (Å²) in [5, 5.41) is 2.65. The van der Waals surface area contributed by atoms with Gasteiger partial charge in [0.25, 0.3) is 0 Å². The van der Waals surface area contributed by atoms with Crippen LogP contribution in [0, 0.1) is 0 Å². The van der Waals surface area contributed by atoms with Gasteiger partial charge in [-0.15, -0.1) is 0 Å². The third kappa shape index (κ3) is 7.85. The van der Waals surface area contributed by atoms with Crippen LogP contribution in [0.3, 0.4) is 0 Å². The van der Waals surface area contributed by atoms with Crippen molar-refractivity contribution in [2.24, 2.45) is 0 Å². The molecular formula is C19H36N2O2. The van der Waals surface area contributed by atoms with E-state index in [-0.39, 0.29) is 11.9 Å². The number of carbonyl (C=O) groups is 2. The topological polar surface area (TPSA) is 49.4 Å². The molecule has 1 aliphatic heterocycles. The molecule has 1 fully saturated rings. The molecule has 0 unspecified atom stereocenters. The predicted molar refractivity (Wildman–Crippen MR) is 95.3 cm³/mol. The zero-order valence-corrected chi connectivity index (χ0v) is 15.2. The van der Waals surface area contributed by atoms with Crippen molar-refractivity contribution in [1.29, 1.82) is 0 Å². The van der Waals surface area contributed by atoms with Gasteiger partial charge in [-0.05, 0) is 12.8 Å². The summed E-state index contributed by atoms with van der Waals surface area (Å²) >= 11 is 0. The third-order valence-corrected chi connectivity index (χ3v) is 4.82. The Kier molecular flexibility index (Phi) is 10.8. The molecule has 23 heavy (non-hydrogen) atoms. The first-order valence-electron chi connectivity index (χ1n) is 9.79. The monoisotopic (exact) mass is 324 g/mol. The van der Waals surface area contributed by atoms with Gasteiger partial charge >= 0.3 is 11.8 Å². The molecule has 0 spiro atoms. The fourth-order valence-electron chi connectivity index (χ4n) is 3.37. The molecule has 1 aliphatic rings. The summed E-state index contributed by atoms with van der Waals surface area (Å²) in [5.41, 5.74) is 0. The molecule has 0 bridgehead atoms. The lowest BCUT2D eigenvalue weighted by Gasteiger charge is -2.34. The van der Waals surface area contributed by atoms with Gasteiger partial charge in [-0.2, -0.15) is 0 Å². The molecule has 0 atom stereocenters. The van der Waals surface area contributed by atoms with Crippen LogP contribution in [-0.2, 0) is 9.59 Å². The summed E-state index contributed by atoms with van der Waals surface area (Å²) in [6.45, 7) is 5.74. The molecule has 2 amide bonds. The highest BCUT2D eigenvalue weighted by Gasteiger charge is 2.31. The fraction of sp³-hybridized carbons (Fsp3) is 0.895. The number of hydrogen-bond acceptors (Lipinski definition) is 2. The molecule has 1 N–H and O–H groups in total. The Bertz CT molecular complexity index is 330. The maximum atomic E-state index is 12.2. The van der Waals surface area contributed by atoms with Crippen molar-refractivity contribution in [3.05, 3.63) is 0 Å². The van der Waals surface area contributed by atoms with Gasteiger partial charge < -0.3 is 10.2 Å². The van der Waals surface area contributed by atoms with Crippen molar-refractivity contribution >= 4 is 11.8 Å². The summed E-state index contributed by atoms with van der Waals surface area (Å²) < 4.78 is 0. The Hall–Kier alpha value is -1.06. The Morgan fingerprint density at radius 1 is 0.870 bits per heavy atom. The predicted octanol–water partition coefficient (Wildman–Crippen LogP) is 4.03. The minimum absolute atomic E-state index is 0.261. The van der Waals surface area contributed by atoms with Crippen LogP contribution in [0.4, 0.5) is 0 Å². The van der Waals surface area contributed by atoms with Crippen LogP contribution in [0.15, 0.2) is 0 Å². The molecule has 0 aliphatic carbocycles. The highest BCUT2D eigenvalue weighted by molar-refractivity contribution is 6.35. The quantitative estimate of drug-likeness (QED) is 0.411. The lowest BCUT2D eigenvalue weighted by Crippen LogP contribution is -2.55. The molecule has 0 saturated carbocycles. The van der Waals surface area contributed by atoms with Crippen LogP contribution < -0.4 is 5.32 Å². The Morgan fingerprint density at radius 3 is 1.91 bits per heavy atom. The number of nitrogens with one attached hydrogen (secondary N) is 1. The highest BCUT2D eigenvalue weighted by Crippen LogP contribution is 2.19. The number of piperazine rings is 1. The Morgan fingerprint density at radius 2 is 1.39 bits per heavy atom. The lowest BCUT2D eigenvalue weighted by atomic mass is 9.98. The summed E-state index contributed by atoms with van der Waals surface area (Å²) in [5.74, 6) is -0.735. The summed E-state index contributed by atoms with van der Waals surface area (Å²) in [7, 11) is 0. The van der Waals surface area contributed by atoms with E-state index in [1.807, 2.05) is 4.90 Å². The van der Waals surface area contributed by atoms with E-state index < -0.39 is 5.91 Å². The van der Waals surface area contributed by atoms with Crippen molar-refractivity contribution in [1.82, 2.24) is 10.2 Å². The Labute approximate surface area is 142 Å². The summed E-state index contributed by atoms with van der Waals surface area (Å²) in [4.78, 5) is 25.6. The van der Waals surface area contributed by atoms with E-state index in [4.69, 9.17) is 0 Å². The molecule has 1 heterocycles. The van der Waals surface area contributed by atoms with Crippen LogP contribution in [0.1, 0.15) is 90.9 Å². The van der Waals surface area contributed by atoms with Crippen molar-refractivity contribution in [2.45, 2.75) is 96.9 Å². The van der Waals surface area contributed by atoms with E-state index in [0.29, 0.717) is 13.1 Å². The standard InChI is InChI=1S/C19H36N2O2/c1-3-5-7-9-11-13-17(14-12-10-8-6-4-2)21-16-15-20-18(22)19(21)23/h17H,3-16H2,1-2H3,(H,20,22). The van der Waals surface area contributed by atoms with Gasteiger partial charge in [-0.25, -0.2) is 0 Å². The molecule has 0 aromatic rings.